The second-order valence-electron chi connectivity index (χ2n) is 5.11. The number of hydrogen-bond donors (Lipinski definition) is 1. The van der Waals surface area contributed by atoms with E-state index in [9.17, 15) is 8.42 Å². The van der Waals surface area contributed by atoms with E-state index in [4.69, 9.17) is 0 Å². The number of aromatic nitrogens is 4. The monoisotopic (exact) mass is 329 g/mol. The molecule has 0 aliphatic heterocycles. The molecule has 8 heteroatoms. The third kappa shape index (κ3) is 3.21. The van der Waals surface area contributed by atoms with Crippen molar-refractivity contribution in [2.45, 2.75) is 18.7 Å². The molecule has 0 fully saturated rings. The number of anilines is 1. The summed E-state index contributed by atoms with van der Waals surface area (Å²) in [7, 11) is -3.72. The molecule has 0 saturated carbocycles. The quantitative estimate of drug-likeness (QED) is 0.791. The first kappa shape index (κ1) is 15.2. The normalized spacial score (nSPS) is 11.4. The van der Waals surface area contributed by atoms with Crippen molar-refractivity contribution in [3.63, 3.8) is 0 Å². The number of sulfonamides is 1. The molecule has 0 saturated heterocycles. The molecular formula is C15H15N5O2S. The van der Waals surface area contributed by atoms with Crippen molar-refractivity contribution in [3.8, 4) is 5.82 Å². The summed E-state index contributed by atoms with van der Waals surface area (Å²) in [5.41, 5.74) is 1.55. The van der Waals surface area contributed by atoms with E-state index in [1.165, 1.54) is 6.33 Å². The van der Waals surface area contributed by atoms with E-state index in [2.05, 4.69) is 19.7 Å². The van der Waals surface area contributed by atoms with Gasteiger partial charge in [0.25, 0.3) is 10.0 Å². The maximum atomic E-state index is 12.6. The van der Waals surface area contributed by atoms with Crippen LogP contribution in [0.5, 0.6) is 0 Å². The molecule has 118 valence electrons. The van der Waals surface area contributed by atoms with Gasteiger partial charge in [-0.15, -0.1) is 0 Å². The van der Waals surface area contributed by atoms with Crippen LogP contribution in [0, 0.1) is 13.8 Å². The summed E-state index contributed by atoms with van der Waals surface area (Å²) in [5.74, 6) is 0.723. The Kier molecular flexibility index (Phi) is 3.83. The first-order valence-electron chi connectivity index (χ1n) is 6.86. The number of aryl methyl sites for hydroxylation is 2. The van der Waals surface area contributed by atoms with Crippen LogP contribution in [0.15, 0.2) is 54.2 Å². The molecule has 0 amide bonds. The summed E-state index contributed by atoms with van der Waals surface area (Å²) < 4.78 is 29.3. The van der Waals surface area contributed by atoms with Gasteiger partial charge in [0.05, 0.1) is 4.90 Å². The van der Waals surface area contributed by atoms with Crippen molar-refractivity contribution in [2.75, 3.05) is 4.72 Å². The molecule has 0 atom stereocenters. The van der Waals surface area contributed by atoms with Gasteiger partial charge in [-0.2, -0.15) is 0 Å². The number of imidazole rings is 1. The van der Waals surface area contributed by atoms with Gasteiger partial charge in [0.2, 0.25) is 0 Å². The molecule has 0 spiro atoms. The molecule has 3 aromatic rings. The highest BCUT2D eigenvalue weighted by Gasteiger charge is 2.18. The minimum Gasteiger partial charge on any atom is -0.290 e. The molecule has 1 N–H and O–H groups in total. The van der Waals surface area contributed by atoms with Gasteiger partial charge >= 0.3 is 0 Å². The van der Waals surface area contributed by atoms with Crippen LogP contribution in [0.25, 0.3) is 5.82 Å². The number of benzene rings is 1. The molecule has 2 heterocycles. The number of rotatable bonds is 4. The first-order chi connectivity index (χ1) is 11.0. The maximum absolute atomic E-state index is 12.6. The highest BCUT2D eigenvalue weighted by molar-refractivity contribution is 7.92. The largest absolute Gasteiger partial charge is 0.290 e. The summed E-state index contributed by atoms with van der Waals surface area (Å²) in [4.78, 5) is 12.2. The lowest BCUT2D eigenvalue weighted by Gasteiger charge is -2.11. The zero-order valence-corrected chi connectivity index (χ0v) is 13.4. The Bertz CT molecular complexity index is 936. The van der Waals surface area contributed by atoms with Gasteiger partial charge in [-0.25, -0.2) is 23.4 Å². The van der Waals surface area contributed by atoms with Crippen LogP contribution in [0.4, 0.5) is 5.82 Å². The number of nitrogens with zero attached hydrogens (tertiary/aromatic N) is 4. The lowest BCUT2D eigenvalue weighted by Crippen LogP contribution is -2.15. The summed E-state index contributed by atoms with van der Waals surface area (Å²) in [6.45, 7) is 3.60. The van der Waals surface area contributed by atoms with Crippen LogP contribution in [0.1, 0.15) is 11.1 Å². The molecule has 0 bridgehead atoms. The van der Waals surface area contributed by atoms with Crippen LogP contribution >= 0.6 is 0 Å². The van der Waals surface area contributed by atoms with Crippen molar-refractivity contribution in [1.82, 2.24) is 19.5 Å². The fourth-order valence-electron chi connectivity index (χ4n) is 2.13. The lowest BCUT2D eigenvalue weighted by molar-refractivity contribution is 0.600. The zero-order valence-electron chi connectivity index (χ0n) is 12.6. The number of hydrogen-bond acceptors (Lipinski definition) is 5. The van der Waals surface area contributed by atoms with Crippen LogP contribution < -0.4 is 4.72 Å². The van der Waals surface area contributed by atoms with Gasteiger partial charge in [0.15, 0.2) is 0 Å². The van der Waals surface area contributed by atoms with Gasteiger partial charge in [-0.05, 0) is 31.0 Å². The molecule has 23 heavy (non-hydrogen) atoms. The standard InChI is InChI=1S/C15H15N5O2S/c1-11-3-4-12(2)13(7-11)23(21,22)19-14-8-15(18-9-17-14)20-6-5-16-10-20/h3-10H,1-2H3,(H,17,18,19). The average Bonchev–Trinajstić information content (AvgIpc) is 3.04. The molecule has 3 rings (SSSR count). The van der Waals surface area contributed by atoms with Gasteiger partial charge in [0, 0.05) is 18.5 Å². The Morgan fingerprint density at radius 2 is 1.96 bits per heavy atom. The maximum Gasteiger partial charge on any atom is 0.263 e. The Balaban J connectivity index is 1.95. The van der Waals surface area contributed by atoms with E-state index in [0.717, 1.165) is 5.56 Å². The Hall–Kier alpha value is -2.74. The van der Waals surface area contributed by atoms with Crippen molar-refractivity contribution in [3.05, 3.63) is 60.4 Å². The van der Waals surface area contributed by atoms with Gasteiger partial charge in [-0.3, -0.25) is 9.29 Å². The van der Waals surface area contributed by atoms with Gasteiger partial charge in [0.1, 0.15) is 24.3 Å². The zero-order chi connectivity index (χ0) is 16.4. The van der Waals surface area contributed by atoms with Crippen LogP contribution in [-0.4, -0.2) is 27.9 Å². The van der Waals surface area contributed by atoms with E-state index in [0.29, 0.717) is 11.4 Å². The molecule has 7 nitrogen and oxygen atoms in total. The Morgan fingerprint density at radius 1 is 1.13 bits per heavy atom. The van der Waals surface area contributed by atoms with E-state index in [1.54, 1.807) is 48.4 Å². The minimum absolute atomic E-state index is 0.199. The summed E-state index contributed by atoms with van der Waals surface area (Å²) >= 11 is 0. The highest BCUT2D eigenvalue weighted by Crippen LogP contribution is 2.20. The van der Waals surface area contributed by atoms with E-state index in [1.807, 2.05) is 13.0 Å². The van der Waals surface area contributed by atoms with Crippen LogP contribution in [0.2, 0.25) is 0 Å². The van der Waals surface area contributed by atoms with Crippen molar-refractivity contribution < 1.29 is 8.42 Å². The fourth-order valence-corrected chi connectivity index (χ4v) is 3.46. The predicted octanol–water partition coefficient (Wildman–Crippen LogP) is 2.08. The SMILES string of the molecule is Cc1ccc(C)c(S(=O)(=O)Nc2cc(-n3ccnc3)ncn2)c1. The lowest BCUT2D eigenvalue weighted by atomic mass is 10.2. The topological polar surface area (TPSA) is 89.8 Å². The smallest absolute Gasteiger partial charge is 0.263 e. The third-order valence-electron chi connectivity index (χ3n) is 3.29. The minimum atomic E-state index is -3.72. The molecule has 0 aliphatic carbocycles. The van der Waals surface area contributed by atoms with E-state index >= 15 is 0 Å². The predicted molar refractivity (Wildman–Crippen MR) is 85.9 cm³/mol. The van der Waals surface area contributed by atoms with Crippen molar-refractivity contribution in [1.29, 1.82) is 0 Å². The molecule has 0 unspecified atom stereocenters. The molecular weight excluding hydrogens is 314 g/mol. The van der Waals surface area contributed by atoms with Crippen molar-refractivity contribution >= 4 is 15.8 Å². The highest BCUT2D eigenvalue weighted by atomic mass is 32.2. The average molecular weight is 329 g/mol. The fraction of sp³-hybridized carbons (Fsp3) is 0.133. The van der Waals surface area contributed by atoms with E-state index in [-0.39, 0.29) is 10.7 Å². The first-order valence-corrected chi connectivity index (χ1v) is 8.34. The summed E-state index contributed by atoms with van der Waals surface area (Å²) in [6, 6.07) is 6.83. The molecule has 1 aromatic carbocycles. The second-order valence-corrected chi connectivity index (χ2v) is 6.76. The molecule has 2 aromatic heterocycles. The summed E-state index contributed by atoms with van der Waals surface area (Å²) in [5, 5.41) is 0. The van der Waals surface area contributed by atoms with Gasteiger partial charge in [-0.1, -0.05) is 12.1 Å². The van der Waals surface area contributed by atoms with Crippen LogP contribution in [0.3, 0.4) is 0 Å². The van der Waals surface area contributed by atoms with E-state index < -0.39 is 10.0 Å². The van der Waals surface area contributed by atoms with Crippen molar-refractivity contribution in [2.24, 2.45) is 0 Å². The third-order valence-corrected chi connectivity index (χ3v) is 4.79. The summed E-state index contributed by atoms with van der Waals surface area (Å²) in [6.07, 6.45) is 6.20. The Morgan fingerprint density at radius 3 is 2.70 bits per heavy atom. The Labute approximate surface area is 134 Å². The van der Waals surface area contributed by atoms with Gasteiger partial charge < -0.3 is 0 Å². The molecule has 0 aliphatic rings. The number of nitrogens with one attached hydrogen (secondary N) is 1. The second kappa shape index (κ2) is 5.81. The van der Waals surface area contributed by atoms with Crippen LogP contribution in [-0.2, 0) is 10.0 Å². The molecule has 0 radical (unpaired) electrons.